The van der Waals surface area contributed by atoms with Crippen molar-refractivity contribution in [2.24, 2.45) is 5.73 Å². The van der Waals surface area contributed by atoms with Crippen molar-refractivity contribution in [3.8, 4) is 0 Å². The maximum atomic E-state index is 13.7. The molecular formula is C11H13Cl2F4N. The molecule has 1 nitrogen and oxygen atoms in total. The fourth-order valence-corrected chi connectivity index (χ4v) is 1.77. The number of alkyl halides is 3. The topological polar surface area (TPSA) is 26.0 Å². The van der Waals surface area contributed by atoms with Gasteiger partial charge in [0.15, 0.2) is 0 Å². The Morgan fingerprint density at radius 3 is 2.39 bits per heavy atom. The van der Waals surface area contributed by atoms with Crippen LogP contribution in [0.3, 0.4) is 0 Å². The molecule has 0 radical (unpaired) electrons. The summed E-state index contributed by atoms with van der Waals surface area (Å²) >= 11 is 5.75. The second-order valence-corrected chi connectivity index (χ2v) is 4.26. The van der Waals surface area contributed by atoms with Crippen molar-refractivity contribution in [3.05, 3.63) is 34.1 Å². The first-order valence-corrected chi connectivity index (χ1v) is 5.37. The van der Waals surface area contributed by atoms with Crippen LogP contribution in [-0.2, 0) is 0 Å². The third-order valence-corrected chi connectivity index (χ3v) is 2.76. The van der Waals surface area contributed by atoms with E-state index in [2.05, 4.69) is 0 Å². The Morgan fingerprint density at radius 1 is 1.33 bits per heavy atom. The molecule has 0 aliphatic heterocycles. The van der Waals surface area contributed by atoms with Crippen molar-refractivity contribution >= 4 is 24.0 Å². The largest absolute Gasteiger partial charge is 0.389 e. The lowest BCUT2D eigenvalue weighted by Gasteiger charge is -2.16. The number of nitrogens with two attached hydrogens (primary N) is 1. The average molecular weight is 306 g/mol. The summed E-state index contributed by atoms with van der Waals surface area (Å²) in [4.78, 5) is 0. The molecule has 1 aromatic carbocycles. The van der Waals surface area contributed by atoms with Gasteiger partial charge in [0.2, 0.25) is 0 Å². The highest BCUT2D eigenvalue weighted by Gasteiger charge is 2.29. The molecule has 0 heterocycles. The van der Waals surface area contributed by atoms with Crippen molar-refractivity contribution in [1.82, 2.24) is 0 Å². The molecule has 0 aromatic heterocycles. The van der Waals surface area contributed by atoms with Gasteiger partial charge in [0.25, 0.3) is 0 Å². The fourth-order valence-electron chi connectivity index (χ4n) is 1.48. The van der Waals surface area contributed by atoms with E-state index < -0.39 is 24.5 Å². The molecule has 0 aliphatic carbocycles. The lowest BCUT2D eigenvalue weighted by Crippen LogP contribution is -2.17. The van der Waals surface area contributed by atoms with Crippen molar-refractivity contribution in [2.75, 3.05) is 0 Å². The first-order chi connectivity index (χ1) is 7.72. The Balaban J connectivity index is 0.00000289. The summed E-state index contributed by atoms with van der Waals surface area (Å²) in [6, 6.07) is 1.84. The molecule has 0 spiro atoms. The van der Waals surface area contributed by atoms with E-state index >= 15 is 0 Å². The molecule has 18 heavy (non-hydrogen) atoms. The van der Waals surface area contributed by atoms with Crippen LogP contribution in [-0.4, -0.2) is 6.18 Å². The molecule has 0 fully saturated rings. The highest BCUT2D eigenvalue weighted by molar-refractivity contribution is 6.31. The summed E-state index contributed by atoms with van der Waals surface area (Å²) in [6.07, 6.45) is -5.74. The van der Waals surface area contributed by atoms with Crippen LogP contribution >= 0.6 is 24.0 Å². The van der Waals surface area contributed by atoms with E-state index in [4.69, 9.17) is 17.3 Å². The monoisotopic (exact) mass is 305 g/mol. The quantitative estimate of drug-likeness (QED) is 0.814. The molecule has 1 atom stereocenters. The number of hydrogen-bond donors (Lipinski definition) is 1. The Hall–Kier alpha value is -0.520. The Kier molecular flexibility index (Phi) is 6.40. The third kappa shape index (κ3) is 4.63. The van der Waals surface area contributed by atoms with Crippen LogP contribution in [0.1, 0.15) is 30.0 Å². The van der Waals surface area contributed by atoms with Gasteiger partial charge in [-0.05, 0) is 25.0 Å². The van der Waals surface area contributed by atoms with Crippen molar-refractivity contribution in [2.45, 2.75) is 32.0 Å². The first-order valence-electron chi connectivity index (χ1n) is 4.99. The van der Waals surface area contributed by atoms with Gasteiger partial charge in [-0.2, -0.15) is 13.2 Å². The Morgan fingerprint density at radius 2 is 1.89 bits per heavy atom. The molecule has 104 valence electrons. The minimum atomic E-state index is -4.30. The zero-order valence-corrected chi connectivity index (χ0v) is 11.1. The summed E-state index contributed by atoms with van der Waals surface area (Å²) < 4.78 is 49.8. The highest BCUT2D eigenvalue weighted by Crippen LogP contribution is 2.32. The van der Waals surface area contributed by atoms with Crippen LogP contribution in [0.15, 0.2) is 12.1 Å². The number of halogens is 6. The lowest BCUT2D eigenvalue weighted by atomic mass is 10.00. The van der Waals surface area contributed by atoms with E-state index in [0.717, 1.165) is 0 Å². The minimum Gasteiger partial charge on any atom is -0.324 e. The molecule has 0 amide bonds. The average Bonchev–Trinajstić information content (AvgIpc) is 2.20. The zero-order chi connectivity index (χ0) is 13.2. The maximum Gasteiger partial charge on any atom is 0.389 e. The van der Waals surface area contributed by atoms with Gasteiger partial charge >= 0.3 is 6.18 Å². The van der Waals surface area contributed by atoms with Crippen molar-refractivity contribution in [3.63, 3.8) is 0 Å². The molecule has 0 bridgehead atoms. The summed E-state index contributed by atoms with van der Waals surface area (Å²) in [6.45, 7) is 1.51. The molecule has 1 aromatic rings. The second kappa shape index (κ2) is 6.59. The summed E-state index contributed by atoms with van der Waals surface area (Å²) in [5, 5.41) is 0.0581. The van der Waals surface area contributed by atoms with Gasteiger partial charge in [-0.1, -0.05) is 17.7 Å². The summed E-state index contributed by atoms with van der Waals surface area (Å²) in [5.74, 6) is -0.632. The molecule has 0 aliphatic rings. The normalized spacial score (nSPS) is 13.1. The third-order valence-electron chi connectivity index (χ3n) is 2.43. The van der Waals surface area contributed by atoms with E-state index in [0.29, 0.717) is 5.56 Å². The van der Waals surface area contributed by atoms with E-state index in [1.165, 1.54) is 19.1 Å². The number of hydrogen-bond acceptors (Lipinski definition) is 1. The van der Waals surface area contributed by atoms with Crippen LogP contribution in [0.25, 0.3) is 0 Å². The predicted octanol–water partition coefficient (Wildman–Crippen LogP) is 4.55. The lowest BCUT2D eigenvalue weighted by molar-refractivity contribution is -0.136. The summed E-state index contributed by atoms with van der Waals surface area (Å²) in [5.41, 5.74) is 5.81. The molecule has 7 heteroatoms. The van der Waals surface area contributed by atoms with Gasteiger partial charge in [0, 0.05) is 23.0 Å². The van der Waals surface area contributed by atoms with Crippen molar-refractivity contribution in [1.29, 1.82) is 0 Å². The minimum absolute atomic E-state index is 0. The van der Waals surface area contributed by atoms with E-state index in [1.54, 1.807) is 0 Å². The Bertz CT molecular complexity index is 407. The van der Waals surface area contributed by atoms with Gasteiger partial charge in [0.05, 0.1) is 0 Å². The SMILES string of the molecule is Cc1ccc(Cl)c([C@H](N)CCC(F)(F)F)c1F.Cl. The molecule has 0 saturated heterocycles. The van der Waals surface area contributed by atoms with E-state index in [-0.39, 0.29) is 29.4 Å². The fraction of sp³-hybridized carbons (Fsp3) is 0.455. The van der Waals surface area contributed by atoms with Crippen LogP contribution < -0.4 is 5.73 Å². The van der Waals surface area contributed by atoms with Crippen LogP contribution in [0.2, 0.25) is 5.02 Å². The molecular weight excluding hydrogens is 293 g/mol. The van der Waals surface area contributed by atoms with Gasteiger partial charge in [-0.15, -0.1) is 12.4 Å². The highest BCUT2D eigenvalue weighted by atomic mass is 35.5. The van der Waals surface area contributed by atoms with Gasteiger partial charge in [-0.25, -0.2) is 4.39 Å². The second-order valence-electron chi connectivity index (χ2n) is 3.85. The number of rotatable bonds is 3. The number of aryl methyl sites for hydroxylation is 1. The van der Waals surface area contributed by atoms with Crippen LogP contribution in [0.5, 0.6) is 0 Å². The first kappa shape index (κ1) is 17.5. The molecule has 0 unspecified atom stereocenters. The van der Waals surface area contributed by atoms with E-state index in [1.807, 2.05) is 0 Å². The standard InChI is InChI=1S/C11H12ClF4N.ClH/c1-6-2-3-7(12)9(10(6)13)8(17)4-5-11(14,15)16;/h2-3,8H,4-5,17H2,1H3;1H/t8-;/m1./s1. The van der Waals surface area contributed by atoms with Crippen LogP contribution in [0.4, 0.5) is 17.6 Å². The number of benzene rings is 1. The molecule has 0 saturated carbocycles. The maximum absolute atomic E-state index is 13.7. The smallest absolute Gasteiger partial charge is 0.324 e. The predicted molar refractivity (Wildman–Crippen MR) is 65.6 cm³/mol. The molecule has 2 N–H and O–H groups in total. The zero-order valence-electron chi connectivity index (χ0n) is 9.52. The Labute approximate surface area is 114 Å². The van der Waals surface area contributed by atoms with Gasteiger partial charge in [-0.3, -0.25) is 0 Å². The molecule has 1 rings (SSSR count). The van der Waals surface area contributed by atoms with Gasteiger partial charge < -0.3 is 5.73 Å². The van der Waals surface area contributed by atoms with E-state index in [9.17, 15) is 17.6 Å². The summed E-state index contributed by atoms with van der Waals surface area (Å²) in [7, 11) is 0. The van der Waals surface area contributed by atoms with Gasteiger partial charge in [0.1, 0.15) is 5.82 Å². The van der Waals surface area contributed by atoms with Crippen molar-refractivity contribution < 1.29 is 17.6 Å². The van der Waals surface area contributed by atoms with Crippen LogP contribution in [0, 0.1) is 12.7 Å².